The van der Waals surface area contributed by atoms with Gasteiger partial charge in [-0.05, 0) is 26.4 Å². The highest BCUT2D eigenvalue weighted by Crippen LogP contribution is 2.21. The highest BCUT2D eigenvalue weighted by Gasteiger charge is 2.15. The molecule has 0 aliphatic carbocycles. The van der Waals surface area contributed by atoms with Crippen molar-refractivity contribution >= 4 is 27.3 Å². The Kier molecular flexibility index (Phi) is 1.69. The highest BCUT2D eigenvalue weighted by atomic mass is 79.9. The maximum absolute atomic E-state index is 10.5. The van der Waals surface area contributed by atoms with E-state index in [0.29, 0.717) is 4.47 Å². The molecule has 0 amide bonds. The molecule has 0 aromatic carbocycles. The van der Waals surface area contributed by atoms with E-state index in [0.717, 1.165) is 0 Å². The van der Waals surface area contributed by atoms with Crippen LogP contribution in [0.4, 0.5) is 5.69 Å². The van der Waals surface area contributed by atoms with E-state index in [1.807, 2.05) is 0 Å². The summed E-state index contributed by atoms with van der Waals surface area (Å²) >= 11 is 3.12. The number of fused-ring (bicyclic) bond motifs is 1. The maximum Gasteiger partial charge on any atom is 0.316 e. The Morgan fingerprint density at radius 2 is 2.38 bits per heavy atom. The summed E-state index contributed by atoms with van der Waals surface area (Å²) in [5, 5.41) is 20.9. The zero-order valence-electron chi connectivity index (χ0n) is 6.09. The van der Waals surface area contributed by atoms with Crippen LogP contribution in [-0.4, -0.2) is 25.0 Å². The molecule has 0 spiro atoms. The normalized spacial score (nSPS) is 10.5. The quantitative estimate of drug-likeness (QED) is 0.546. The molecule has 2 rings (SSSR count). The monoisotopic (exact) mass is 243 g/mol. The van der Waals surface area contributed by atoms with Crippen molar-refractivity contribution in [3.8, 4) is 0 Å². The molecule has 0 fully saturated rings. The molecule has 0 unspecified atom stereocenters. The number of nitrogens with zero attached hydrogens (tertiary/aromatic N) is 5. The Morgan fingerprint density at radius 1 is 1.62 bits per heavy atom. The number of hydrogen-bond acceptors (Lipinski definition) is 5. The van der Waals surface area contributed by atoms with Gasteiger partial charge >= 0.3 is 5.69 Å². The topological polar surface area (TPSA) is 86.2 Å². The van der Waals surface area contributed by atoms with Crippen molar-refractivity contribution in [1.82, 2.24) is 20.0 Å². The van der Waals surface area contributed by atoms with Gasteiger partial charge in [-0.2, -0.15) is 4.52 Å². The Morgan fingerprint density at radius 3 is 3.08 bits per heavy atom. The molecule has 0 aliphatic rings. The summed E-state index contributed by atoms with van der Waals surface area (Å²) in [6, 6.07) is 1.35. The van der Waals surface area contributed by atoms with E-state index in [1.54, 1.807) is 6.20 Å². The van der Waals surface area contributed by atoms with Gasteiger partial charge in [0.1, 0.15) is 0 Å². The van der Waals surface area contributed by atoms with E-state index >= 15 is 0 Å². The van der Waals surface area contributed by atoms with Crippen LogP contribution in [0.25, 0.3) is 5.65 Å². The molecule has 66 valence electrons. The number of nitro groups is 1. The third-order valence-electron chi connectivity index (χ3n) is 1.44. The number of aromatic nitrogens is 4. The number of pyridine rings is 1. The minimum atomic E-state index is -0.531. The van der Waals surface area contributed by atoms with Crippen LogP contribution in [0.15, 0.2) is 16.7 Å². The standard InChI is InChI=1S/C5H2BrN5O2/c6-3-1-4(11(12)13)5-7-8-9-10(5)2-3/h1-2H. The third-order valence-corrected chi connectivity index (χ3v) is 1.87. The Labute approximate surface area is 79.6 Å². The van der Waals surface area contributed by atoms with Gasteiger partial charge in [-0.3, -0.25) is 10.1 Å². The van der Waals surface area contributed by atoms with E-state index in [-0.39, 0.29) is 11.3 Å². The fraction of sp³-hybridized carbons (Fsp3) is 0. The van der Waals surface area contributed by atoms with Crippen LogP contribution in [0.1, 0.15) is 0 Å². The van der Waals surface area contributed by atoms with Gasteiger partial charge in [0.15, 0.2) is 0 Å². The summed E-state index contributed by atoms with van der Waals surface area (Å²) in [4.78, 5) is 10.0. The van der Waals surface area contributed by atoms with E-state index in [1.165, 1.54) is 10.6 Å². The molecule has 0 aliphatic heterocycles. The van der Waals surface area contributed by atoms with Crippen molar-refractivity contribution < 1.29 is 4.92 Å². The maximum atomic E-state index is 10.5. The fourth-order valence-corrected chi connectivity index (χ4v) is 1.34. The van der Waals surface area contributed by atoms with E-state index in [9.17, 15) is 10.1 Å². The summed E-state index contributed by atoms with van der Waals surface area (Å²) in [6.07, 6.45) is 1.54. The van der Waals surface area contributed by atoms with E-state index < -0.39 is 4.92 Å². The van der Waals surface area contributed by atoms with Crippen molar-refractivity contribution in [1.29, 1.82) is 0 Å². The molecule has 0 radical (unpaired) electrons. The minimum absolute atomic E-state index is 0.126. The first-order chi connectivity index (χ1) is 6.18. The largest absolute Gasteiger partial charge is 0.316 e. The molecule has 8 heteroatoms. The molecule has 13 heavy (non-hydrogen) atoms. The summed E-state index contributed by atoms with van der Waals surface area (Å²) in [7, 11) is 0. The van der Waals surface area contributed by atoms with Crippen molar-refractivity contribution in [2.75, 3.05) is 0 Å². The first kappa shape index (κ1) is 8.05. The molecule has 0 atom stereocenters. The van der Waals surface area contributed by atoms with Crippen LogP contribution in [0.3, 0.4) is 0 Å². The smallest absolute Gasteiger partial charge is 0.258 e. The van der Waals surface area contributed by atoms with Crippen LogP contribution in [0, 0.1) is 10.1 Å². The number of rotatable bonds is 1. The highest BCUT2D eigenvalue weighted by molar-refractivity contribution is 9.10. The van der Waals surface area contributed by atoms with Crippen LogP contribution in [0.2, 0.25) is 0 Å². The van der Waals surface area contributed by atoms with Gasteiger partial charge in [0.2, 0.25) is 0 Å². The first-order valence-corrected chi connectivity index (χ1v) is 3.99. The number of hydrogen-bond donors (Lipinski definition) is 0. The lowest BCUT2D eigenvalue weighted by Crippen LogP contribution is -1.95. The van der Waals surface area contributed by atoms with Crippen LogP contribution in [0.5, 0.6) is 0 Å². The van der Waals surface area contributed by atoms with Gasteiger partial charge in [-0.15, -0.1) is 5.10 Å². The van der Waals surface area contributed by atoms with Crippen LogP contribution in [-0.2, 0) is 0 Å². The van der Waals surface area contributed by atoms with Gasteiger partial charge in [0, 0.05) is 16.7 Å². The molecular weight excluding hydrogens is 242 g/mol. The lowest BCUT2D eigenvalue weighted by molar-refractivity contribution is -0.383. The zero-order valence-corrected chi connectivity index (χ0v) is 7.67. The molecular formula is C5H2BrN5O2. The van der Waals surface area contributed by atoms with Crippen molar-refractivity contribution in [3.63, 3.8) is 0 Å². The molecule has 0 N–H and O–H groups in total. The lowest BCUT2D eigenvalue weighted by atomic mass is 10.4. The summed E-state index contributed by atoms with van der Waals surface area (Å²) in [5.74, 6) is 0. The average molecular weight is 244 g/mol. The van der Waals surface area contributed by atoms with Crippen LogP contribution >= 0.6 is 15.9 Å². The Balaban J connectivity index is 2.84. The molecule has 0 saturated heterocycles. The molecule has 2 aromatic heterocycles. The Bertz CT molecular complexity index is 481. The summed E-state index contributed by atoms with van der Waals surface area (Å²) in [5.41, 5.74) is 0.00701. The predicted molar refractivity (Wildman–Crippen MR) is 45.1 cm³/mol. The van der Waals surface area contributed by atoms with Gasteiger partial charge < -0.3 is 0 Å². The molecule has 2 aromatic rings. The van der Waals surface area contributed by atoms with Gasteiger partial charge in [0.05, 0.1) is 4.92 Å². The predicted octanol–water partition coefficient (Wildman–Crippen LogP) is 0.795. The summed E-state index contributed by atoms with van der Waals surface area (Å²) in [6.45, 7) is 0. The second-order valence-corrected chi connectivity index (χ2v) is 3.16. The van der Waals surface area contributed by atoms with E-state index in [2.05, 4.69) is 31.5 Å². The second-order valence-electron chi connectivity index (χ2n) is 2.25. The molecule has 2 heterocycles. The average Bonchev–Trinajstić information content (AvgIpc) is 2.49. The third kappa shape index (κ3) is 1.24. The zero-order chi connectivity index (χ0) is 9.42. The molecule has 0 bridgehead atoms. The van der Waals surface area contributed by atoms with E-state index in [4.69, 9.17) is 0 Å². The number of tetrazole rings is 1. The minimum Gasteiger partial charge on any atom is -0.258 e. The van der Waals surface area contributed by atoms with Gasteiger partial charge in [-0.25, -0.2) is 0 Å². The molecule has 0 saturated carbocycles. The van der Waals surface area contributed by atoms with Gasteiger partial charge in [-0.1, -0.05) is 0 Å². The first-order valence-electron chi connectivity index (χ1n) is 3.20. The van der Waals surface area contributed by atoms with Crippen molar-refractivity contribution in [3.05, 3.63) is 26.9 Å². The van der Waals surface area contributed by atoms with Crippen LogP contribution < -0.4 is 0 Å². The van der Waals surface area contributed by atoms with Gasteiger partial charge in [0.25, 0.3) is 5.65 Å². The van der Waals surface area contributed by atoms with Crippen molar-refractivity contribution in [2.45, 2.75) is 0 Å². The molecule has 7 nitrogen and oxygen atoms in total. The summed E-state index contributed by atoms with van der Waals surface area (Å²) < 4.78 is 1.79. The Hall–Kier alpha value is -1.57. The fourth-order valence-electron chi connectivity index (χ4n) is 0.933. The SMILES string of the molecule is O=[N+]([O-])c1cc(Br)cn2nnnc12. The second kappa shape index (κ2) is 2.73. The van der Waals surface area contributed by atoms with Crippen molar-refractivity contribution in [2.24, 2.45) is 0 Å². The lowest BCUT2D eigenvalue weighted by Gasteiger charge is -1.93. The number of halogens is 1.